The molecule has 0 amide bonds. The number of alkyl halides is 3. The first-order valence-corrected chi connectivity index (χ1v) is 7.18. The molecule has 1 saturated carbocycles. The number of H-pyrrole nitrogens is 2. The molecule has 0 unspecified atom stereocenters. The van der Waals surface area contributed by atoms with Gasteiger partial charge in [0.15, 0.2) is 5.15 Å². The molecule has 0 spiro atoms. The van der Waals surface area contributed by atoms with Crippen molar-refractivity contribution in [3.63, 3.8) is 0 Å². The first-order valence-electron chi connectivity index (χ1n) is 6.81. The molecule has 7 nitrogen and oxygen atoms in total. The molecule has 0 bridgehead atoms. The summed E-state index contributed by atoms with van der Waals surface area (Å²) in [7, 11) is 0. The van der Waals surface area contributed by atoms with E-state index < -0.39 is 24.2 Å². The highest BCUT2D eigenvalue weighted by Crippen LogP contribution is 2.50. The van der Waals surface area contributed by atoms with Crippen LogP contribution in [0.5, 0.6) is 0 Å². The zero-order chi connectivity index (χ0) is 17.5. The van der Waals surface area contributed by atoms with Gasteiger partial charge in [0.2, 0.25) is 0 Å². The molecule has 2 heterocycles. The molecular formula is C13H10ClF3N4O3. The Morgan fingerprint density at radius 1 is 1.33 bits per heavy atom. The zero-order valence-corrected chi connectivity index (χ0v) is 12.6. The molecule has 2 N–H and O–H groups in total. The van der Waals surface area contributed by atoms with Gasteiger partial charge < -0.3 is 4.98 Å². The third-order valence-electron chi connectivity index (χ3n) is 3.65. The van der Waals surface area contributed by atoms with Crippen molar-refractivity contribution in [3.8, 4) is 11.3 Å². The first kappa shape index (κ1) is 16.7. The van der Waals surface area contributed by atoms with E-state index >= 15 is 0 Å². The molecule has 0 radical (unpaired) electrons. The molecule has 1 aliphatic carbocycles. The predicted molar refractivity (Wildman–Crippen MR) is 76.6 cm³/mol. The van der Waals surface area contributed by atoms with E-state index in [4.69, 9.17) is 11.6 Å². The second kappa shape index (κ2) is 6.02. The van der Waals surface area contributed by atoms with Crippen molar-refractivity contribution in [2.45, 2.75) is 18.7 Å². The maximum Gasteiger partial charge on any atom is 0.522 e. The lowest BCUT2D eigenvalue weighted by molar-refractivity contribution is -0.326. The SMILES string of the molecule is O=c1[nH]cc(-c2cc([C@@H]3C[C@H]3COC(F)(F)F)c(Cl)nn2)c(=O)[nH]1. The van der Waals surface area contributed by atoms with Crippen molar-refractivity contribution in [2.75, 3.05) is 6.61 Å². The number of hydrogen-bond donors (Lipinski definition) is 2. The number of aromatic nitrogens is 4. The number of rotatable bonds is 4. The van der Waals surface area contributed by atoms with Crippen LogP contribution in [-0.4, -0.2) is 33.1 Å². The molecule has 0 saturated heterocycles. The van der Waals surface area contributed by atoms with E-state index in [-0.39, 0.29) is 28.2 Å². The van der Waals surface area contributed by atoms with Gasteiger partial charge >= 0.3 is 12.1 Å². The minimum absolute atomic E-state index is 0.0547. The Morgan fingerprint density at radius 2 is 2.08 bits per heavy atom. The third kappa shape index (κ3) is 3.65. The molecule has 128 valence electrons. The molecular weight excluding hydrogens is 353 g/mol. The summed E-state index contributed by atoms with van der Waals surface area (Å²) >= 11 is 5.96. The average molecular weight is 363 g/mol. The Morgan fingerprint density at radius 3 is 2.75 bits per heavy atom. The fourth-order valence-electron chi connectivity index (χ4n) is 2.40. The van der Waals surface area contributed by atoms with Crippen LogP contribution in [-0.2, 0) is 4.74 Å². The van der Waals surface area contributed by atoms with Gasteiger partial charge in [-0.25, -0.2) is 4.79 Å². The summed E-state index contributed by atoms with van der Waals surface area (Å²) in [6.07, 6.45) is -3.04. The van der Waals surface area contributed by atoms with Crippen molar-refractivity contribution >= 4 is 11.6 Å². The zero-order valence-electron chi connectivity index (χ0n) is 11.9. The van der Waals surface area contributed by atoms with Crippen molar-refractivity contribution in [2.24, 2.45) is 5.92 Å². The molecule has 1 aliphatic rings. The maximum absolute atomic E-state index is 12.1. The van der Waals surface area contributed by atoms with Crippen LogP contribution in [0.3, 0.4) is 0 Å². The van der Waals surface area contributed by atoms with Gasteiger partial charge in [0.05, 0.1) is 12.2 Å². The topological polar surface area (TPSA) is 101 Å². The Balaban J connectivity index is 1.83. The van der Waals surface area contributed by atoms with Crippen LogP contribution in [0, 0.1) is 5.92 Å². The molecule has 2 aromatic rings. The highest BCUT2D eigenvalue weighted by atomic mass is 35.5. The lowest BCUT2D eigenvalue weighted by atomic mass is 10.1. The fraction of sp³-hybridized carbons (Fsp3) is 0.385. The quantitative estimate of drug-likeness (QED) is 0.864. The van der Waals surface area contributed by atoms with Crippen LogP contribution < -0.4 is 11.2 Å². The van der Waals surface area contributed by atoms with E-state index in [1.807, 2.05) is 4.98 Å². The number of halogens is 4. The second-order valence-corrected chi connectivity index (χ2v) is 5.68. The number of ether oxygens (including phenoxy) is 1. The Kier molecular flexibility index (Phi) is 4.18. The lowest BCUT2D eigenvalue weighted by Crippen LogP contribution is -2.23. The van der Waals surface area contributed by atoms with Crippen LogP contribution in [0.4, 0.5) is 13.2 Å². The Hall–Kier alpha value is -2.20. The Bertz CT molecular complexity index is 880. The lowest BCUT2D eigenvalue weighted by Gasteiger charge is -2.08. The number of hydrogen-bond acceptors (Lipinski definition) is 5. The molecule has 24 heavy (non-hydrogen) atoms. The van der Waals surface area contributed by atoms with Gasteiger partial charge in [-0.2, -0.15) is 0 Å². The van der Waals surface area contributed by atoms with Gasteiger partial charge in [-0.1, -0.05) is 11.6 Å². The predicted octanol–water partition coefficient (Wildman–Crippen LogP) is 1.81. The van der Waals surface area contributed by atoms with E-state index in [9.17, 15) is 22.8 Å². The van der Waals surface area contributed by atoms with E-state index in [1.165, 1.54) is 12.3 Å². The average Bonchev–Trinajstić information content (AvgIpc) is 3.25. The van der Waals surface area contributed by atoms with Gasteiger partial charge in [0.1, 0.15) is 5.69 Å². The molecule has 2 aromatic heterocycles. The van der Waals surface area contributed by atoms with Crippen molar-refractivity contribution in [1.82, 2.24) is 20.2 Å². The molecule has 0 aliphatic heterocycles. The molecule has 0 aromatic carbocycles. The minimum atomic E-state index is -4.68. The van der Waals surface area contributed by atoms with E-state index in [0.717, 1.165) is 0 Å². The summed E-state index contributed by atoms with van der Waals surface area (Å²) in [5.74, 6) is -0.592. The highest BCUT2D eigenvalue weighted by molar-refractivity contribution is 6.30. The van der Waals surface area contributed by atoms with Crippen LogP contribution in [0.2, 0.25) is 5.15 Å². The summed E-state index contributed by atoms with van der Waals surface area (Å²) < 4.78 is 40.0. The van der Waals surface area contributed by atoms with Gasteiger partial charge in [-0.15, -0.1) is 23.4 Å². The van der Waals surface area contributed by atoms with Gasteiger partial charge in [-0.3, -0.25) is 14.5 Å². The maximum atomic E-state index is 12.1. The molecule has 11 heteroatoms. The summed E-state index contributed by atoms with van der Waals surface area (Å²) in [6.45, 7) is -0.471. The summed E-state index contributed by atoms with van der Waals surface area (Å²) in [5, 5.41) is 7.57. The summed E-state index contributed by atoms with van der Waals surface area (Å²) in [6, 6.07) is 1.48. The molecule has 1 fully saturated rings. The monoisotopic (exact) mass is 362 g/mol. The van der Waals surface area contributed by atoms with E-state index in [1.54, 1.807) is 0 Å². The summed E-state index contributed by atoms with van der Waals surface area (Å²) in [5.41, 5.74) is -0.604. The fourth-order valence-corrected chi connectivity index (χ4v) is 2.63. The van der Waals surface area contributed by atoms with E-state index in [2.05, 4.69) is 19.9 Å². The van der Waals surface area contributed by atoms with Crippen LogP contribution >= 0.6 is 11.6 Å². The first-order chi connectivity index (χ1) is 11.2. The molecule has 3 rings (SSSR count). The highest BCUT2D eigenvalue weighted by Gasteiger charge is 2.43. The second-order valence-electron chi connectivity index (χ2n) is 5.32. The standard InChI is InChI=1S/C13H10ClF3N4O3/c14-10-7(6-1-5(6)4-24-13(15,16)17)2-9(20-21-10)8-3-18-12(23)19-11(8)22/h2-3,5-6H,1,4H2,(H2,18,19,22,23)/t5-,6+/m0/s1. The molecule has 2 atom stereocenters. The smallest absolute Gasteiger partial charge is 0.313 e. The number of aromatic amines is 2. The largest absolute Gasteiger partial charge is 0.522 e. The minimum Gasteiger partial charge on any atom is -0.313 e. The normalized spacial score (nSPS) is 20.2. The van der Waals surface area contributed by atoms with Gasteiger partial charge in [0.25, 0.3) is 5.56 Å². The van der Waals surface area contributed by atoms with Crippen LogP contribution in [0.15, 0.2) is 21.9 Å². The summed E-state index contributed by atoms with van der Waals surface area (Å²) in [4.78, 5) is 27.2. The van der Waals surface area contributed by atoms with E-state index in [0.29, 0.717) is 12.0 Å². The van der Waals surface area contributed by atoms with Crippen molar-refractivity contribution in [3.05, 3.63) is 43.8 Å². The third-order valence-corrected chi connectivity index (χ3v) is 3.95. The number of nitrogens with one attached hydrogen (secondary N) is 2. The van der Waals surface area contributed by atoms with Gasteiger partial charge in [0, 0.05) is 6.20 Å². The van der Waals surface area contributed by atoms with Crippen molar-refractivity contribution < 1.29 is 17.9 Å². The Labute approximate surface area is 136 Å². The van der Waals surface area contributed by atoms with Crippen molar-refractivity contribution in [1.29, 1.82) is 0 Å². The van der Waals surface area contributed by atoms with Crippen LogP contribution in [0.25, 0.3) is 11.3 Å². The van der Waals surface area contributed by atoms with Crippen LogP contribution in [0.1, 0.15) is 17.9 Å². The number of nitrogens with zero attached hydrogens (tertiary/aromatic N) is 2. The van der Waals surface area contributed by atoms with Gasteiger partial charge in [-0.05, 0) is 29.9 Å².